The van der Waals surface area contributed by atoms with E-state index < -0.39 is 0 Å². The maximum atomic E-state index is 11.4. The van der Waals surface area contributed by atoms with E-state index in [1.807, 2.05) is 6.92 Å². The second-order valence-corrected chi connectivity index (χ2v) is 3.73. The summed E-state index contributed by atoms with van der Waals surface area (Å²) in [4.78, 5) is 22.4. The van der Waals surface area contributed by atoms with Crippen molar-refractivity contribution in [1.82, 2.24) is 16.0 Å². The van der Waals surface area contributed by atoms with Crippen molar-refractivity contribution in [2.45, 2.75) is 32.2 Å². The zero-order chi connectivity index (χ0) is 11.1. The van der Waals surface area contributed by atoms with Gasteiger partial charge in [-0.2, -0.15) is 0 Å². The molecule has 1 atom stereocenters. The summed E-state index contributed by atoms with van der Waals surface area (Å²) in [6.07, 6.45) is 2.66. The van der Waals surface area contributed by atoms with Crippen molar-refractivity contribution in [3.8, 4) is 0 Å². The standard InChI is InChI=1S/C10H19N3O2.ClH/c1-2-11-10(15)7-13-9(14)6-8-4-3-5-12-8;/h8,12H,2-7H2,1H3,(H,11,15)(H,13,14);1H. The smallest absolute Gasteiger partial charge is 0.239 e. The molecule has 0 radical (unpaired) electrons. The minimum atomic E-state index is -0.134. The number of hydrogen-bond acceptors (Lipinski definition) is 3. The number of carbonyl (C=O) groups is 2. The van der Waals surface area contributed by atoms with Crippen LogP contribution in [-0.4, -0.2) is 37.5 Å². The summed E-state index contributed by atoms with van der Waals surface area (Å²) >= 11 is 0. The molecular weight excluding hydrogens is 230 g/mol. The van der Waals surface area contributed by atoms with Crippen LogP contribution in [0.25, 0.3) is 0 Å². The number of carbonyl (C=O) groups excluding carboxylic acids is 2. The fourth-order valence-corrected chi connectivity index (χ4v) is 1.67. The van der Waals surface area contributed by atoms with Crippen LogP contribution in [0.3, 0.4) is 0 Å². The molecule has 1 saturated heterocycles. The third-order valence-electron chi connectivity index (χ3n) is 2.41. The van der Waals surface area contributed by atoms with Crippen molar-refractivity contribution in [2.24, 2.45) is 0 Å². The fourth-order valence-electron chi connectivity index (χ4n) is 1.67. The van der Waals surface area contributed by atoms with Gasteiger partial charge >= 0.3 is 0 Å². The highest BCUT2D eigenvalue weighted by molar-refractivity contribution is 5.85. The van der Waals surface area contributed by atoms with Gasteiger partial charge in [-0.15, -0.1) is 12.4 Å². The van der Waals surface area contributed by atoms with Gasteiger partial charge in [0.25, 0.3) is 0 Å². The Kier molecular flexibility index (Phi) is 7.93. The van der Waals surface area contributed by atoms with Gasteiger partial charge in [0.1, 0.15) is 0 Å². The Labute approximate surface area is 102 Å². The molecule has 16 heavy (non-hydrogen) atoms. The van der Waals surface area contributed by atoms with Crippen LogP contribution in [0.4, 0.5) is 0 Å². The number of nitrogens with one attached hydrogen (secondary N) is 3. The first-order valence-electron chi connectivity index (χ1n) is 5.49. The minimum Gasteiger partial charge on any atom is -0.355 e. The maximum Gasteiger partial charge on any atom is 0.239 e. The number of halogens is 1. The van der Waals surface area contributed by atoms with E-state index in [2.05, 4.69) is 16.0 Å². The lowest BCUT2D eigenvalue weighted by Crippen LogP contribution is -2.39. The topological polar surface area (TPSA) is 70.2 Å². The molecule has 1 fully saturated rings. The predicted octanol–water partition coefficient (Wildman–Crippen LogP) is -0.197. The fraction of sp³-hybridized carbons (Fsp3) is 0.800. The quantitative estimate of drug-likeness (QED) is 0.632. The first-order chi connectivity index (χ1) is 7.22. The molecule has 0 aliphatic carbocycles. The van der Waals surface area contributed by atoms with E-state index in [1.54, 1.807) is 0 Å². The van der Waals surface area contributed by atoms with Crippen LogP contribution < -0.4 is 16.0 Å². The molecule has 5 nitrogen and oxygen atoms in total. The molecule has 94 valence electrons. The van der Waals surface area contributed by atoms with E-state index >= 15 is 0 Å². The lowest BCUT2D eigenvalue weighted by atomic mass is 10.1. The Morgan fingerprint density at radius 2 is 2.06 bits per heavy atom. The SMILES string of the molecule is CCNC(=O)CNC(=O)CC1CCCN1.Cl. The summed E-state index contributed by atoms with van der Waals surface area (Å²) in [5.74, 6) is -0.189. The van der Waals surface area contributed by atoms with Gasteiger partial charge in [0.05, 0.1) is 6.54 Å². The maximum absolute atomic E-state index is 11.4. The van der Waals surface area contributed by atoms with E-state index in [-0.39, 0.29) is 30.8 Å². The van der Waals surface area contributed by atoms with Gasteiger partial charge < -0.3 is 16.0 Å². The molecule has 6 heteroatoms. The third kappa shape index (κ3) is 5.92. The lowest BCUT2D eigenvalue weighted by Gasteiger charge is -2.10. The van der Waals surface area contributed by atoms with E-state index in [0.717, 1.165) is 19.4 Å². The highest BCUT2D eigenvalue weighted by atomic mass is 35.5. The Hall–Kier alpha value is -0.810. The van der Waals surface area contributed by atoms with Crippen LogP contribution in [0.2, 0.25) is 0 Å². The summed E-state index contributed by atoms with van der Waals surface area (Å²) in [6.45, 7) is 3.52. The summed E-state index contributed by atoms with van der Waals surface area (Å²) in [5.41, 5.74) is 0. The van der Waals surface area contributed by atoms with Crippen LogP contribution in [0, 0.1) is 0 Å². The molecule has 0 bridgehead atoms. The predicted molar refractivity (Wildman–Crippen MR) is 64.6 cm³/mol. The van der Waals surface area contributed by atoms with Crippen molar-refractivity contribution in [3.05, 3.63) is 0 Å². The van der Waals surface area contributed by atoms with Crippen LogP contribution in [0.1, 0.15) is 26.2 Å². The molecular formula is C10H20ClN3O2. The van der Waals surface area contributed by atoms with E-state index in [1.165, 1.54) is 0 Å². The van der Waals surface area contributed by atoms with Gasteiger partial charge in [0.15, 0.2) is 0 Å². The van der Waals surface area contributed by atoms with Crippen LogP contribution >= 0.6 is 12.4 Å². The van der Waals surface area contributed by atoms with Crippen molar-refractivity contribution >= 4 is 24.2 Å². The zero-order valence-corrected chi connectivity index (χ0v) is 10.4. The number of hydrogen-bond donors (Lipinski definition) is 3. The molecule has 0 aromatic heterocycles. The lowest BCUT2D eigenvalue weighted by molar-refractivity contribution is -0.126. The van der Waals surface area contributed by atoms with E-state index in [4.69, 9.17) is 0 Å². The monoisotopic (exact) mass is 249 g/mol. The number of amides is 2. The van der Waals surface area contributed by atoms with Crippen LogP contribution in [-0.2, 0) is 9.59 Å². The van der Waals surface area contributed by atoms with E-state index in [0.29, 0.717) is 19.0 Å². The molecule has 1 unspecified atom stereocenters. The second-order valence-electron chi connectivity index (χ2n) is 3.73. The Morgan fingerprint density at radius 1 is 1.31 bits per heavy atom. The Morgan fingerprint density at radius 3 is 2.62 bits per heavy atom. The molecule has 0 saturated carbocycles. The highest BCUT2D eigenvalue weighted by Crippen LogP contribution is 2.07. The van der Waals surface area contributed by atoms with Gasteiger partial charge in [-0.05, 0) is 26.3 Å². The Bertz CT molecular complexity index is 230. The van der Waals surface area contributed by atoms with Gasteiger partial charge in [0, 0.05) is 19.0 Å². The molecule has 1 rings (SSSR count). The summed E-state index contributed by atoms with van der Waals surface area (Å²) in [6, 6.07) is 0.291. The second kappa shape index (κ2) is 8.35. The van der Waals surface area contributed by atoms with Gasteiger partial charge in [-0.3, -0.25) is 9.59 Å². The molecule has 0 aromatic rings. The van der Waals surface area contributed by atoms with Crippen molar-refractivity contribution in [1.29, 1.82) is 0 Å². The first kappa shape index (κ1) is 15.2. The summed E-state index contributed by atoms with van der Waals surface area (Å²) in [5, 5.41) is 8.47. The molecule has 1 heterocycles. The molecule has 0 aromatic carbocycles. The third-order valence-corrected chi connectivity index (χ3v) is 2.41. The number of rotatable bonds is 5. The van der Waals surface area contributed by atoms with Crippen LogP contribution in [0.15, 0.2) is 0 Å². The Balaban J connectivity index is 0.00000225. The first-order valence-corrected chi connectivity index (χ1v) is 5.49. The van der Waals surface area contributed by atoms with Gasteiger partial charge in [0.2, 0.25) is 11.8 Å². The van der Waals surface area contributed by atoms with Gasteiger partial charge in [-0.25, -0.2) is 0 Å². The van der Waals surface area contributed by atoms with Gasteiger partial charge in [-0.1, -0.05) is 0 Å². The number of likely N-dealkylation sites (N-methyl/N-ethyl adjacent to an activating group) is 1. The van der Waals surface area contributed by atoms with Crippen molar-refractivity contribution in [3.63, 3.8) is 0 Å². The summed E-state index contributed by atoms with van der Waals surface area (Å²) < 4.78 is 0. The minimum absolute atomic E-state index is 0. The average molecular weight is 250 g/mol. The van der Waals surface area contributed by atoms with Crippen molar-refractivity contribution < 1.29 is 9.59 Å². The largest absolute Gasteiger partial charge is 0.355 e. The molecule has 3 N–H and O–H groups in total. The normalized spacial score (nSPS) is 18.7. The van der Waals surface area contributed by atoms with Crippen LogP contribution in [0.5, 0.6) is 0 Å². The molecule has 2 amide bonds. The summed E-state index contributed by atoms with van der Waals surface area (Å²) in [7, 11) is 0. The zero-order valence-electron chi connectivity index (χ0n) is 9.54. The molecule has 0 spiro atoms. The average Bonchev–Trinajstić information content (AvgIpc) is 2.68. The van der Waals surface area contributed by atoms with Crippen molar-refractivity contribution in [2.75, 3.05) is 19.6 Å². The highest BCUT2D eigenvalue weighted by Gasteiger charge is 2.17. The van der Waals surface area contributed by atoms with E-state index in [9.17, 15) is 9.59 Å². The molecule has 1 aliphatic heterocycles. The molecule has 1 aliphatic rings.